The molecule has 0 spiro atoms. The summed E-state index contributed by atoms with van der Waals surface area (Å²) in [4.78, 5) is 31.4. The van der Waals surface area contributed by atoms with Crippen LogP contribution < -0.4 is 5.32 Å². The van der Waals surface area contributed by atoms with Crippen LogP contribution in [0.15, 0.2) is 42.5 Å². The van der Waals surface area contributed by atoms with E-state index in [0.717, 1.165) is 12.1 Å². The smallest absolute Gasteiger partial charge is 0.416 e. The maximum atomic E-state index is 13.5. The zero-order valence-electron chi connectivity index (χ0n) is 21.1. The van der Waals surface area contributed by atoms with E-state index in [0.29, 0.717) is 5.56 Å². The Morgan fingerprint density at radius 1 is 1.11 bits per heavy atom. The standard InChI is InChI=1S/C26H32F3N3O4/c1-14(2)36-24(35)32-21(16-10-8-7-9-11-16)20(19(25(4,5)6)22(32)23(33)34)31-18-13-17(26(27,28)29)12-15(3)30-18/h7-14,19-22H,1-6H3,(H,30,31)(H,33,34). The van der Waals surface area contributed by atoms with Crippen molar-refractivity contribution in [1.82, 2.24) is 9.88 Å². The molecule has 1 saturated heterocycles. The highest BCUT2D eigenvalue weighted by atomic mass is 19.4. The number of halogens is 3. The molecule has 10 heteroatoms. The van der Waals surface area contributed by atoms with Crippen LogP contribution in [-0.4, -0.2) is 45.2 Å². The third-order valence-electron chi connectivity index (χ3n) is 6.20. The first-order valence-corrected chi connectivity index (χ1v) is 11.7. The molecule has 0 saturated carbocycles. The summed E-state index contributed by atoms with van der Waals surface area (Å²) in [5.41, 5.74) is -0.765. The molecule has 7 nitrogen and oxygen atoms in total. The Bertz CT molecular complexity index is 1100. The molecule has 36 heavy (non-hydrogen) atoms. The van der Waals surface area contributed by atoms with Gasteiger partial charge in [-0.3, -0.25) is 4.90 Å². The lowest BCUT2D eigenvalue weighted by molar-refractivity contribution is -0.144. The third kappa shape index (κ3) is 5.74. The molecule has 1 amide bonds. The number of pyridine rings is 1. The molecule has 2 N–H and O–H groups in total. The van der Waals surface area contributed by atoms with Gasteiger partial charge in [-0.05, 0) is 43.9 Å². The molecule has 0 radical (unpaired) electrons. The summed E-state index contributed by atoms with van der Waals surface area (Å²) in [6.07, 6.45) is -5.90. The highest BCUT2D eigenvalue weighted by Gasteiger charge is 2.59. The summed E-state index contributed by atoms with van der Waals surface area (Å²) in [7, 11) is 0. The number of nitrogens with one attached hydrogen (secondary N) is 1. The van der Waals surface area contributed by atoms with Gasteiger partial charge in [0.15, 0.2) is 0 Å². The summed E-state index contributed by atoms with van der Waals surface area (Å²) >= 11 is 0. The maximum Gasteiger partial charge on any atom is 0.416 e. The van der Waals surface area contributed by atoms with Crippen LogP contribution in [0.5, 0.6) is 0 Å². The lowest BCUT2D eigenvalue weighted by atomic mass is 9.72. The molecule has 1 aromatic carbocycles. The van der Waals surface area contributed by atoms with E-state index in [1.54, 1.807) is 44.2 Å². The predicted octanol–water partition coefficient (Wildman–Crippen LogP) is 5.91. The normalized spacial score (nSPS) is 22.6. The van der Waals surface area contributed by atoms with Crippen molar-refractivity contribution in [1.29, 1.82) is 0 Å². The molecule has 4 unspecified atom stereocenters. The first-order valence-electron chi connectivity index (χ1n) is 11.7. The molecule has 1 aromatic heterocycles. The van der Waals surface area contributed by atoms with Crippen molar-refractivity contribution in [2.24, 2.45) is 11.3 Å². The number of hydrogen-bond acceptors (Lipinski definition) is 5. The van der Waals surface area contributed by atoms with Gasteiger partial charge >= 0.3 is 18.2 Å². The van der Waals surface area contributed by atoms with E-state index in [9.17, 15) is 27.9 Å². The number of aromatic nitrogens is 1. The van der Waals surface area contributed by atoms with E-state index in [-0.39, 0.29) is 11.5 Å². The van der Waals surface area contributed by atoms with Crippen LogP contribution >= 0.6 is 0 Å². The number of hydrogen-bond donors (Lipinski definition) is 2. The highest BCUT2D eigenvalue weighted by molar-refractivity contribution is 5.82. The van der Waals surface area contributed by atoms with Crippen LogP contribution in [0.4, 0.5) is 23.8 Å². The average molecular weight is 508 g/mol. The lowest BCUT2D eigenvalue weighted by Crippen LogP contribution is -2.47. The molecule has 1 aliphatic heterocycles. The Morgan fingerprint density at radius 2 is 1.72 bits per heavy atom. The van der Waals surface area contributed by atoms with Crippen LogP contribution in [0.1, 0.15) is 57.5 Å². The van der Waals surface area contributed by atoms with E-state index < -0.39 is 59.4 Å². The number of rotatable bonds is 5. The van der Waals surface area contributed by atoms with Gasteiger partial charge in [-0.15, -0.1) is 0 Å². The third-order valence-corrected chi connectivity index (χ3v) is 6.20. The van der Waals surface area contributed by atoms with Crippen molar-refractivity contribution in [3.63, 3.8) is 0 Å². The molecule has 1 fully saturated rings. The number of carbonyl (C=O) groups is 2. The fourth-order valence-electron chi connectivity index (χ4n) is 4.95. The van der Waals surface area contributed by atoms with Crippen LogP contribution in [0.2, 0.25) is 0 Å². The van der Waals surface area contributed by atoms with Crippen LogP contribution in [0, 0.1) is 18.3 Å². The fraction of sp³-hybridized carbons (Fsp3) is 0.500. The quantitative estimate of drug-likeness (QED) is 0.523. The number of aliphatic carboxylic acids is 1. The van der Waals surface area contributed by atoms with Gasteiger partial charge in [-0.25, -0.2) is 14.6 Å². The minimum absolute atomic E-state index is 0.0503. The van der Waals surface area contributed by atoms with Crippen molar-refractivity contribution >= 4 is 17.9 Å². The number of carbonyl (C=O) groups excluding carboxylic acids is 1. The number of amides is 1. The Kier molecular flexibility index (Phi) is 7.57. The monoisotopic (exact) mass is 507 g/mol. The first-order chi connectivity index (χ1) is 16.6. The van der Waals surface area contributed by atoms with Crippen molar-refractivity contribution in [2.45, 2.75) is 71.9 Å². The molecule has 3 rings (SSSR count). The zero-order valence-corrected chi connectivity index (χ0v) is 21.1. The Hall–Kier alpha value is -3.30. The lowest BCUT2D eigenvalue weighted by Gasteiger charge is -2.35. The van der Waals surface area contributed by atoms with Gasteiger partial charge in [-0.1, -0.05) is 51.1 Å². The SMILES string of the molecule is Cc1cc(C(F)(F)F)cc(NC2C(c3ccccc3)N(C(=O)OC(C)C)C(C(=O)O)C2C(C)(C)C)n1. The second-order valence-electron chi connectivity index (χ2n) is 10.4. The van der Waals surface area contributed by atoms with Crippen molar-refractivity contribution in [3.8, 4) is 0 Å². The average Bonchev–Trinajstić information content (AvgIpc) is 3.08. The topological polar surface area (TPSA) is 91.8 Å². The van der Waals surface area contributed by atoms with Crippen LogP contribution in [0.25, 0.3) is 0 Å². The number of carboxylic acids is 1. The highest BCUT2D eigenvalue weighted by Crippen LogP contribution is 2.49. The molecule has 0 bridgehead atoms. The summed E-state index contributed by atoms with van der Waals surface area (Å²) in [5.74, 6) is -1.99. The van der Waals surface area contributed by atoms with Gasteiger partial charge in [0.05, 0.1) is 23.8 Å². The molecule has 196 valence electrons. The molecule has 2 aromatic rings. The van der Waals surface area contributed by atoms with E-state index in [1.165, 1.54) is 11.8 Å². The zero-order chi connectivity index (χ0) is 27.0. The number of likely N-dealkylation sites (tertiary alicyclic amines) is 1. The Morgan fingerprint density at radius 3 is 2.22 bits per heavy atom. The van der Waals surface area contributed by atoms with Crippen LogP contribution in [-0.2, 0) is 15.7 Å². The van der Waals surface area contributed by atoms with Gasteiger partial charge in [0.25, 0.3) is 0 Å². The summed E-state index contributed by atoms with van der Waals surface area (Å²) in [6.45, 7) is 10.3. The number of carboxylic acid groups (broad SMARTS) is 1. The van der Waals surface area contributed by atoms with Crippen LogP contribution in [0.3, 0.4) is 0 Å². The number of alkyl halides is 3. The van der Waals surface area contributed by atoms with Gasteiger partial charge in [0.2, 0.25) is 0 Å². The fourth-order valence-corrected chi connectivity index (χ4v) is 4.95. The summed E-state index contributed by atoms with van der Waals surface area (Å²) in [5, 5.41) is 13.4. The van der Waals surface area contributed by atoms with E-state index >= 15 is 0 Å². The van der Waals surface area contributed by atoms with E-state index in [1.807, 2.05) is 20.8 Å². The van der Waals surface area contributed by atoms with E-state index in [4.69, 9.17) is 4.74 Å². The second kappa shape index (κ2) is 9.99. The number of benzene rings is 1. The number of aryl methyl sites for hydroxylation is 1. The van der Waals surface area contributed by atoms with Gasteiger partial charge < -0.3 is 15.2 Å². The predicted molar refractivity (Wildman–Crippen MR) is 128 cm³/mol. The van der Waals surface area contributed by atoms with Crippen molar-refractivity contribution in [3.05, 3.63) is 59.3 Å². The molecule has 0 aliphatic carbocycles. The first kappa shape index (κ1) is 27.3. The molecule has 4 atom stereocenters. The van der Waals surface area contributed by atoms with Gasteiger partial charge in [0.1, 0.15) is 11.9 Å². The summed E-state index contributed by atoms with van der Waals surface area (Å²) in [6, 6.07) is 7.71. The second-order valence-corrected chi connectivity index (χ2v) is 10.4. The molecule has 1 aliphatic rings. The van der Waals surface area contributed by atoms with Gasteiger partial charge in [-0.2, -0.15) is 13.2 Å². The largest absolute Gasteiger partial charge is 0.480 e. The summed E-state index contributed by atoms with van der Waals surface area (Å²) < 4.78 is 46.0. The van der Waals surface area contributed by atoms with E-state index in [2.05, 4.69) is 10.3 Å². The Balaban J connectivity index is 2.23. The van der Waals surface area contributed by atoms with Gasteiger partial charge in [0, 0.05) is 11.6 Å². The number of anilines is 1. The minimum atomic E-state index is -4.58. The number of ether oxygens (including phenoxy) is 1. The Labute approximate surface area is 208 Å². The molecule has 2 heterocycles. The number of nitrogens with zero attached hydrogens (tertiary/aromatic N) is 2. The maximum absolute atomic E-state index is 13.5. The van der Waals surface area contributed by atoms with Crippen molar-refractivity contribution in [2.75, 3.05) is 5.32 Å². The molecular weight excluding hydrogens is 475 g/mol. The minimum Gasteiger partial charge on any atom is -0.480 e. The molecular formula is C26H32F3N3O4. The van der Waals surface area contributed by atoms with Crippen molar-refractivity contribution < 1.29 is 32.6 Å².